The van der Waals surface area contributed by atoms with Crippen LogP contribution in [0, 0.1) is 6.92 Å². The summed E-state index contributed by atoms with van der Waals surface area (Å²) in [5.74, 6) is -0.0193. The molecule has 0 atom stereocenters. The molecule has 2 aromatic carbocycles. The summed E-state index contributed by atoms with van der Waals surface area (Å²) in [7, 11) is -2.64. The number of anilines is 1. The second-order valence-corrected chi connectivity index (χ2v) is 9.75. The van der Waals surface area contributed by atoms with Gasteiger partial charge in [0.1, 0.15) is 16.3 Å². The Hall–Kier alpha value is -2.84. The summed E-state index contributed by atoms with van der Waals surface area (Å²) in [4.78, 5) is 13.4. The van der Waals surface area contributed by atoms with Gasteiger partial charge in [0.2, 0.25) is 0 Å². The quantitative estimate of drug-likeness (QED) is 0.512. The molecule has 0 bridgehead atoms. The van der Waals surface area contributed by atoms with Gasteiger partial charge in [-0.3, -0.25) is 4.72 Å². The van der Waals surface area contributed by atoms with Crippen LogP contribution in [0.15, 0.2) is 59.5 Å². The molecule has 0 radical (unpaired) electrons. The summed E-state index contributed by atoms with van der Waals surface area (Å²) in [6.07, 6.45) is -0.0151. The van der Waals surface area contributed by atoms with Crippen molar-refractivity contribution in [2.45, 2.75) is 31.8 Å². The number of benzene rings is 2. The third-order valence-corrected chi connectivity index (χ3v) is 6.78. The molecule has 0 amide bonds. The third kappa shape index (κ3) is 4.66. The summed E-state index contributed by atoms with van der Waals surface area (Å²) >= 11 is 1.20. The van der Waals surface area contributed by atoms with Crippen LogP contribution in [0.25, 0.3) is 11.1 Å². The number of carbonyl (C=O) groups excluding carboxylic acids is 1. The maximum atomic E-state index is 13.0. The van der Waals surface area contributed by atoms with Gasteiger partial charge in [0, 0.05) is 10.4 Å². The van der Waals surface area contributed by atoms with E-state index < -0.39 is 16.0 Å². The summed E-state index contributed by atoms with van der Waals surface area (Å²) < 4.78 is 39.0. The molecule has 30 heavy (non-hydrogen) atoms. The molecular formula is C22H23NO5S2. The van der Waals surface area contributed by atoms with Gasteiger partial charge >= 0.3 is 5.97 Å². The van der Waals surface area contributed by atoms with Crippen LogP contribution < -0.4 is 9.46 Å². The van der Waals surface area contributed by atoms with Crippen LogP contribution in [0.3, 0.4) is 0 Å². The Morgan fingerprint density at radius 3 is 2.23 bits per heavy atom. The van der Waals surface area contributed by atoms with Crippen LogP contribution in [0.4, 0.5) is 5.00 Å². The molecule has 1 N–H and O–H groups in total. The number of carbonyl (C=O) groups is 1. The maximum Gasteiger partial charge on any atom is 0.341 e. The van der Waals surface area contributed by atoms with E-state index in [-0.39, 0.29) is 21.6 Å². The van der Waals surface area contributed by atoms with E-state index in [0.29, 0.717) is 11.3 Å². The highest BCUT2D eigenvalue weighted by Gasteiger charge is 2.27. The van der Waals surface area contributed by atoms with Gasteiger partial charge < -0.3 is 9.47 Å². The van der Waals surface area contributed by atoms with Gasteiger partial charge in [0.05, 0.1) is 18.1 Å². The van der Waals surface area contributed by atoms with Crippen LogP contribution in [0.1, 0.15) is 29.1 Å². The first-order valence-corrected chi connectivity index (χ1v) is 11.6. The van der Waals surface area contributed by atoms with E-state index in [1.807, 2.05) is 51.1 Å². The second-order valence-electron chi connectivity index (χ2n) is 6.84. The molecule has 8 heteroatoms. The minimum Gasteiger partial charge on any atom is -0.491 e. The summed E-state index contributed by atoms with van der Waals surface area (Å²) in [6, 6.07) is 15.5. The molecule has 1 heterocycles. The number of aryl methyl sites for hydroxylation is 1. The first-order chi connectivity index (χ1) is 14.2. The molecular weight excluding hydrogens is 422 g/mol. The molecule has 6 nitrogen and oxygen atoms in total. The number of sulfonamides is 1. The number of thiophene rings is 1. The Morgan fingerprint density at radius 1 is 1.03 bits per heavy atom. The van der Waals surface area contributed by atoms with E-state index in [1.165, 1.54) is 30.6 Å². The zero-order valence-electron chi connectivity index (χ0n) is 17.1. The molecule has 0 aliphatic rings. The molecule has 0 spiro atoms. The predicted octanol–water partition coefficient (Wildman–Crippen LogP) is 5.10. The molecule has 0 saturated heterocycles. The summed E-state index contributed by atoms with van der Waals surface area (Å²) in [6.45, 7) is 5.63. The van der Waals surface area contributed by atoms with Crippen LogP contribution >= 0.6 is 11.3 Å². The lowest BCUT2D eigenvalue weighted by molar-refractivity contribution is 0.0603. The lowest BCUT2D eigenvalue weighted by atomic mass is 10.0. The van der Waals surface area contributed by atoms with Crippen LogP contribution in [0.5, 0.6) is 5.75 Å². The second kappa shape index (κ2) is 8.89. The molecule has 0 fully saturated rings. The number of rotatable bonds is 7. The standard InChI is InChI=1S/C22H23NO5S2/c1-14(2)28-17-10-12-18(13-11-17)30(25,26)23-21-20(22(24)27-4)19(15(3)29-21)16-8-6-5-7-9-16/h5-14,23H,1-4H3. The fourth-order valence-corrected chi connectivity index (χ4v) is 5.39. The van der Waals surface area contributed by atoms with E-state index in [1.54, 1.807) is 12.1 Å². The number of ether oxygens (including phenoxy) is 2. The molecule has 3 rings (SSSR count). The van der Waals surface area contributed by atoms with Crippen LogP contribution in [-0.4, -0.2) is 27.6 Å². The molecule has 0 saturated carbocycles. The first-order valence-electron chi connectivity index (χ1n) is 9.29. The van der Waals surface area contributed by atoms with Gasteiger partial charge in [0.25, 0.3) is 10.0 Å². The smallest absolute Gasteiger partial charge is 0.341 e. The minimum absolute atomic E-state index is 0.0151. The van der Waals surface area contributed by atoms with E-state index >= 15 is 0 Å². The highest BCUT2D eigenvalue weighted by Crippen LogP contribution is 2.41. The molecule has 1 aromatic heterocycles. The van der Waals surface area contributed by atoms with Gasteiger partial charge in [-0.25, -0.2) is 13.2 Å². The van der Waals surface area contributed by atoms with Gasteiger partial charge in [-0.1, -0.05) is 30.3 Å². The largest absolute Gasteiger partial charge is 0.491 e. The lowest BCUT2D eigenvalue weighted by Gasteiger charge is -2.12. The van der Waals surface area contributed by atoms with E-state index in [4.69, 9.17) is 9.47 Å². The SMILES string of the molecule is COC(=O)c1c(NS(=O)(=O)c2ccc(OC(C)C)cc2)sc(C)c1-c1ccccc1. The Morgan fingerprint density at radius 2 is 1.67 bits per heavy atom. The highest BCUT2D eigenvalue weighted by molar-refractivity contribution is 7.93. The number of nitrogens with one attached hydrogen (secondary N) is 1. The van der Waals surface area contributed by atoms with Gasteiger partial charge in [0.15, 0.2) is 0 Å². The normalized spacial score (nSPS) is 11.4. The van der Waals surface area contributed by atoms with Crippen LogP contribution in [-0.2, 0) is 14.8 Å². The average molecular weight is 446 g/mol. The van der Waals surface area contributed by atoms with Crippen molar-refractivity contribution in [3.8, 4) is 16.9 Å². The van der Waals surface area contributed by atoms with Crippen molar-refractivity contribution in [2.24, 2.45) is 0 Å². The summed E-state index contributed by atoms with van der Waals surface area (Å²) in [5.41, 5.74) is 1.67. The van der Waals surface area contributed by atoms with Gasteiger partial charge in [-0.2, -0.15) is 0 Å². The number of hydrogen-bond donors (Lipinski definition) is 1. The van der Waals surface area contributed by atoms with E-state index in [2.05, 4.69) is 4.72 Å². The van der Waals surface area contributed by atoms with Crippen molar-refractivity contribution >= 4 is 32.3 Å². The fourth-order valence-electron chi connectivity index (χ4n) is 3.02. The minimum atomic E-state index is -3.91. The Balaban J connectivity index is 2.01. The molecule has 0 unspecified atom stereocenters. The van der Waals surface area contributed by atoms with Crippen molar-refractivity contribution in [3.05, 3.63) is 65.0 Å². The van der Waals surface area contributed by atoms with Gasteiger partial charge in [-0.15, -0.1) is 11.3 Å². The lowest BCUT2D eigenvalue weighted by Crippen LogP contribution is -2.15. The summed E-state index contributed by atoms with van der Waals surface area (Å²) in [5, 5.41) is 0.223. The average Bonchev–Trinajstić information content (AvgIpc) is 3.03. The molecule has 158 valence electrons. The molecule has 0 aliphatic carbocycles. The predicted molar refractivity (Wildman–Crippen MR) is 119 cm³/mol. The van der Waals surface area contributed by atoms with Crippen molar-refractivity contribution in [3.63, 3.8) is 0 Å². The zero-order valence-corrected chi connectivity index (χ0v) is 18.8. The third-order valence-electron chi connectivity index (χ3n) is 4.27. The fraction of sp³-hybridized carbons (Fsp3) is 0.227. The van der Waals surface area contributed by atoms with Crippen LogP contribution in [0.2, 0.25) is 0 Å². The van der Waals surface area contributed by atoms with Crippen molar-refractivity contribution in [1.82, 2.24) is 0 Å². The van der Waals surface area contributed by atoms with Crippen molar-refractivity contribution < 1.29 is 22.7 Å². The molecule has 0 aliphatic heterocycles. The van der Waals surface area contributed by atoms with Crippen molar-refractivity contribution in [1.29, 1.82) is 0 Å². The maximum absolute atomic E-state index is 13.0. The first kappa shape index (κ1) is 21.9. The van der Waals surface area contributed by atoms with E-state index in [9.17, 15) is 13.2 Å². The Kier molecular flexibility index (Phi) is 6.48. The number of esters is 1. The number of methoxy groups -OCH3 is 1. The Labute approximate surface area is 180 Å². The Bertz CT molecular complexity index is 1130. The van der Waals surface area contributed by atoms with Crippen molar-refractivity contribution in [2.75, 3.05) is 11.8 Å². The van der Waals surface area contributed by atoms with Gasteiger partial charge in [-0.05, 0) is 50.6 Å². The highest BCUT2D eigenvalue weighted by atomic mass is 32.2. The number of hydrogen-bond acceptors (Lipinski definition) is 6. The molecule has 3 aromatic rings. The van der Waals surface area contributed by atoms with E-state index in [0.717, 1.165) is 10.4 Å². The monoisotopic (exact) mass is 445 g/mol. The topological polar surface area (TPSA) is 81.7 Å². The zero-order chi connectivity index (χ0) is 21.9.